The van der Waals surface area contributed by atoms with E-state index in [1.807, 2.05) is 21.1 Å². The fourth-order valence-corrected chi connectivity index (χ4v) is 6.07. The summed E-state index contributed by atoms with van der Waals surface area (Å²) in [5.41, 5.74) is 0. The molecule has 0 heterocycles. The summed E-state index contributed by atoms with van der Waals surface area (Å²) in [6.07, 6.45) is 29.6. The van der Waals surface area contributed by atoms with Gasteiger partial charge in [0.25, 0.3) is 7.82 Å². The SMILES string of the molecule is CCCCCCCCCCCCCCCCCCCCCCCCCC(=O)OC(COC(=O)CC)COP(=O)([O-])OCC[N+](C)(C)C. The number of ether oxygens (including phenoxy) is 2. The lowest BCUT2D eigenvalue weighted by molar-refractivity contribution is -0.870. The second-order valence-electron chi connectivity index (χ2n) is 14.3. The first kappa shape index (κ1) is 46.0. The molecule has 0 fully saturated rings. The number of quaternary nitrogens is 1. The lowest BCUT2D eigenvalue weighted by Crippen LogP contribution is -2.37. The van der Waals surface area contributed by atoms with Gasteiger partial charge in [0, 0.05) is 12.8 Å². The molecular formula is C37H74NO8P. The fraction of sp³-hybridized carbons (Fsp3) is 0.946. The molecule has 10 heteroatoms. The van der Waals surface area contributed by atoms with Crippen LogP contribution in [-0.4, -0.2) is 70.0 Å². The highest BCUT2D eigenvalue weighted by atomic mass is 31.2. The van der Waals surface area contributed by atoms with Gasteiger partial charge in [-0.2, -0.15) is 0 Å². The van der Waals surface area contributed by atoms with Crippen molar-refractivity contribution in [2.24, 2.45) is 0 Å². The summed E-state index contributed by atoms with van der Waals surface area (Å²) >= 11 is 0. The van der Waals surface area contributed by atoms with Crippen LogP contribution in [0.25, 0.3) is 0 Å². The molecule has 0 saturated heterocycles. The first-order valence-electron chi connectivity index (χ1n) is 19.2. The standard InChI is InChI=1S/C37H74NO8P/c1-6-8-9-10-11-12-13-14-15-16-17-18-19-20-21-22-23-24-25-26-27-28-29-30-37(40)46-35(33-43-36(39)7-2)34-45-47(41,42)44-32-31-38(3,4)5/h35H,6-34H2,1-5H3. The number of rotatable bonds is 35. The van der Waals surface area contributed by atoms with E-state index in [1.54, 1.807) is 6.92 Å². The molecule has 0 N–H and O–H groups in total. The molecule has 0 aromatic rings. The van der Waals surface area contributed by atoms with Gasteiger partial charge >= 0.3 is 11.9 Å². The summed E-state index contributed by atoms with van der Waals surface area (Å²) in [6.45, 7) is 3.64. The Hall–Kier alpha value is -0.990. The molecule has 0 amide bonds. The molecule has 0 spiro atoms. The van der Waals surface area contributed by atoms with Gasteiger partial charge < -0.3 is 27.9 Å². The summed E-state index contributed by atoms with van der Waals surface area (Å²) in [5, 5.41) is 0. The Kier molecular flexibility index (Phi) is 30.4. The molecule has 0 saturated carbocycles. The average Bonchev–Trinajstić information content (AvgIpc) is 3.01. The number of carbonyl (C=O) groups excluding carboxylic acids is 2. The minimum Gasteiger partial charge on any atom is -0.756 e. The molecule has 0 aliphatic heterocycles. The highest BCUT2D eigenvalue weighted by Gasteiger charge is 2.21. The maximum absolute atomic E-state index is 12.4. The van der Waals surface area contributed by atoms with Crippen LogP contribution < -0.4 is 4.89 Å². The van der Waals surface area contributed by atoms with E-state index in [9.17, 15) is 19.0 Å². The van der Waals surface area contributed by atoms with E-state index in [2.05, 4.69) is 6.92 Å². The van der Waals surface area contributed by atoms with Crippen LogP contribution in [0.2, 0.25) is 0 Å². The van der Waals surface area contributed by atoms with Gasteiger partial charge in [-0.15, -0.1) is 0 Å². The van der Waals surface area contributed by atoms with E-state index >= 15 is 0 Å². The second kappa shape index (κ2) is 31.0. The van der Waals surface area contributed by atoms with Gasteiger partial charge in [-0.1, -0.05) is 155 Å². The van der Waals surface area contributed by atoms with Gasteiger partial charge in [-0.25, -0.2) is 0 Å². The topological polar surface area (TPSA) is 111 Å². The van der Waals surface area contributed by atoms with Crippen molar-refractivity contribution in [1.82, 2.24) is 0 Å². The van der Waals surface area contributed by atoms with Crippen molar-refractivity contribution in [1.29, 1.82) is 0 Å². The van der Waals surface area contributed by atoms with Crippen molar-refractivity contribution in [2.45, 2.75) is 180 Å². The number of esters is 2. The predicted molar refractivity (Wildman–Crippen MR) is 190 cm³/mol. The van der Waals surface area contributed by atoms with Gasteiger partial charge in [0.1, 0.15) is 19.8 Å². The Balaban J connectivity index is 3.79. The highest BCUT2D eigenvalue weighted by molar-refractivity contribution is 7.45. The van der Waals surface area contributed by atoms with Crippen LogP contribution in [0.4, 0.5) is 0 Å². The zero-order chi connectivity index (χ0) is 35.1. The van der Waals surface area contributed by atoms with Gasteiger partial charge in [-0.05, 0) is 6.42 Å². The smallest absolute Gasteiger partial charge is 0.306 e. The summed E-state index contributed by atoms with van der Waals surface area (Å²) in [4.78, 5) is 36.1. The zero-order valence-electron chi connectivity index (χ0n) is 31.2. The maximum Gasteiger partial charge on any atom is 0.306 e. The number of nitrogens with zero attached hydrogens (tertiary/aromatic N) is 1. The van der Waals surface area contributed by atoms with Crippen molar-refractivity contribution < 1.29 is 42.1 Å². The average molecular weight is 692 g/mol. The minimum atomic E-state index is -4.58. The summed E-state index contributed by atoms with van der Waals surface area (Å²) in [6, 6.07) is 0. The maximum atomic E-state index is 12.4. The number of hydrogen-bond acceptors (Lipinski definition) is 8. The Morgan fingerprint density at radius 2 is 1.00 bits per heavy atom. The van der Waals surface area contributed by atoms with Gasteiger partial charge in [0.05, 0.1) is 27.7 Å². The quantitative estimate of drug-likeness (QED) is 0.0280. The number of phosphoric ester groups is 1. The molecule has 0 radical (unpaired) electrons. The molecule has 0 bridgehead atoms. The molecule has 0 aliphatic rings. The van der Waals surface area contributed by atoms with Crippen LogP contribution in [0.1, 0.15) is 174 Å². The molecule has 2 atom stereocenters. The third-order valence-electron chi connectivity index (χ3n) is 8.43. The third kappa shape index (κ3) is 34.7. The van der Waals surface area contributed by atoms with Crippen LogP contribution in [-0.2, 0) is 32.7 Å². The van der Waals surface area contributed by atoms with Crippen molar-refractivity contribution in [3.63, 3.8) is 0 Å². The molecule has 47 heavy (non-hydrogen) atoms. The molecule has 280 valence electrons. The van der Waals surface area contributed by atoms with Crippen molar-refractivity contribution in [3.8, 4) is 0 Å². The fourth-order valence-electron chi connectivity index (χ4n) is 5.34. The monoisotopic (exact) mass is 692 g/mol. The number of hydrogen-bond donors (Lipinski definition) is 0. The first-order valence-corrected chi connectivity index (χ1v) is 20.7. The van der Waals surface area contributed by atoms with Crippen LogP contribution in [0.3, 0.4) is 0 Å². The molecule has 2 unspecified atom stereocenters. The molecule has 9 nitrogen and oxygen atoms in total. The summed E-state index contributed by atoms with van der Waals surface area (Å²) in [7, 11) is 1.17. The number of phosphoric acid groups is 1. The largest absolute Gasteiger partial charge is 0.756 e. The Morgan fingerprint density at radius 1 is 0.596 bits per heavy atom. The van der Waals surface area contributed by atoms with Gasteiger partial charge in [0.2, 0.25) is 0 Å². The molecule has 0 aromatic carbocycles. The van der Waals surface area contributed by atoms with Crippen molar-refractivity contribution in [3.05, 3.63) is 0 Å². The van der Waals surface area contributed by atoms with E-state index in [0.29, 0.717) is 17.4 Å². The van der Waals surface area contributed by atoms with Crippen LogP contribution in [0.5, 0.6) is 0 Å². The lowest BCUT2D eigenvalue weighted by atomic mass is 10.0. The van der Waals surface area contributed by atoms with Crippen molar-refractivity contribution >= 4 is 19.8 Å². The second-order valence-corrected chi connectivity index (χ2v) is 15.7. The normalized spacial score (nSPS) is 13.7. The van der Waals surface area contributed by atoms with E-state index in [1.165, 1.54) is 128 Å². The van der Waals surface area contributed by atoms with Crippen LogP contribution >= 0.6 is 7.82 Å². The molecule has 0 aliphatic carbocycles. The van der Waals surface area contributed by atoms with Crippen LogP contribution in [0, 0.1) is 0 Å². The Bertz CT molecular complexity index is 789. The summed E-state index contributed by atoms with van der Waals surface area (Å²) < 4.78 is 32.9. The van der Waals surface area contributed by atoms with E-state index in [-0.39, 0.29) is 26.1 Å². The molecular weight excluding hydrogens is 617 g/mol. The van der Waals surface area contributed by atoms with Gasteiger partial charge in [0.15, 0.2) is 6.10 Å². The first-order chi connectivity index (χ1) is 22.5. The number of likely N-dealkylation sites (N-methyl/N-ethyl adjacent to an activating group) is 1. The third-order valence-corrected chi connectivity index (χ3v) is 9.40. The number of carbonyl (C=O) groups is 2. The van der Waals surface area contributed by atoms with E-state index in [4.69, 9.17) is 18.5 Å². The Morgan fingerprint density at radius 3 is 1.38 bits per heavy atom. The van der Waals surface area contributed by atoms with E-state index in [0.717, 1.165) is 12.8 Å². The summed E-state index contributed by atoms with van der Waals surface area (Å²) in [5.74, 6) is -0.924. The predicted octanol–water partition coefficient (Wildman–Crippen LogP) is 9.44. The highest BCUT2D eigenvalue weighted by Crippen LogP contribution is 2.38. The molecule has 0 aromatic heterocycles. The van der Waals surface area contributed by atoms with E-state index < -0.39 is 32.5 Å². The lowest BCUT2D eigenvalue weighted by Gasteiger charge is -2.28. The van der Waals surface area contributed by atoms with Crippen molar-refractivity contribution in [2.75, 3.05) is 47.5 Å². The number of unbranched alkanes of at least 4 members (excludes halogenated alkanes) is 22. The Labute approximate surface area is 289 Å². The zero-order valence-corrected chi connectivity index (χ0v) is 32.1. The molecule has 0 rings (SSSR count). The minimum absolute atomic E-state index is 0.0287. The van der Waals surface area contributed by atoms with Gasteiger partial charge in [-0.3, -0.25) is 14.2 Å². The van der Waals surface area contributed by atoms with Crippen LogP contribution in [0.15, 0.2) is 0 Å².